The second kappa shape index (κ2) is 5.07. The zero-order chi connectivity index (χ0) is 12.4. The molecular weight excluding hydrogens is 222 g/mol. The summed E-state index contributed by atoms with van der Waals surface area (Å²) in [5, 5.41) is 3.24. The second-order valence-corrected chi connectivity index (χ2v) is 6.63. The van der Waals surface area contributed by atoms with Crippen LogP contribution in [0.5, 0.6) is 0 Å². The molecule has 0 unspecified atom stereocenters. The molecule has 3 rings (SSSR count). The molecule has 0 heterocycles. The van der Waals surface area contributed by atoms with Crippen LogP contribution >= 0.6 is 0 Å². The number of hydrogen-bond donors (Lipinski definition) is 1. The molecule has 0 aromatic heterocycles. The van der Waals surface area contributed by atoms with E-state index in [0.717, 1.165) is 18.4 Å². The normalized spacial score (nSPS) is 27.4. The van der Waals surface area contributed by atoms with Crippen molar-refractivity contribution in [3.63, 3.8) is 0 Å². The second-order valence-electron chi connectivity index (χ2n) is 6.63. The highest BCUT2D eigenvalue weighted by molar-refractivity contribution is 5.94. The van der Waals surface area contributed by atoms with E-state index in [1.54, 1.807) is 0 Å². The van der Waals surface area contributed by atoms with Gasteiger partial charge in [-0.25, -0.2) is 0 Å². The molecule has 0 aromatic rings. The molecule has 0 saturated heterocycles. The predicted molar refractivity (Wildman–Crippen MR) is 73.2 cm³/mol. The van der Waals surface area contributed by atoms with E-state index in [4.69, 9.17) is 0 Å². The third-order valence-corrected chi connectivity index (χ3v) is 5.24. The Labute approximate surface area is 110 Å². The van der Waals surface area contributed by atoms with Gasteiger partial charge in [-0.3, -0.25) is 4.79 Å². The van der Waals surface area contributed by atoms with Crippen molar-refractivity contribution in [3.8, 4) is 0 Å². The molecule has 18 heavy (non-hydrogen) atoms. The van der Waals surface area contributed by atoms with Crippen molar-refractivity contribution >= 4 is 5.91 Å². The van der Waals surface area contributed by atoms with Crippen molar-refractivity contribution in [1.82, 2.24) is 5.32 Å². The molecule has 2 heteroatoms. The number of allylic oxidation sites excluding steroid dienone is 1. The Balaban J connectivity index is 1.55. The molecule has 1 amide bonds. The van der Waals surface area contributed by atoms with Crippen LogP contribution in [0.15, 0.2) is 11.6 Å². The molecule has 2 fully saturated rings. The van der Waals surface area contributed by atoms with E-state index in [1.165, 1.54) is 57.8 Å². The molecule has 2 nitrogen and oxygen atoms in total. The number of carbonyl (C=O) groups excluding carboxylic acids is 1. The van der Waals surface area contributed by atoms with Gasteiger partial charge >= 0.3 is 0 Å². The molecule has 3 aliphatic carbocycles. The molecule has 1 N–H and O–H groups in total. The van der Waals surface area contributed by atoms with Crippen LogP contribution in [0.4, 0.5) is 0 Å². The van der Waals surface area contributed by atoms with Crippen LogP contribution in [-0.2, 0) is 4.79 Å². The van der Waals surface area contributed by atoms with Gasteiger partial charge in [0.25, 0.3) is 0 Å². The van der Waals surface area contributed by atoms with Gasteiger partial charge in [-0.1, -0.05) is 38.2 Å². The molecule has 0 aromatic carbocycles. The van der Waals surface area contributed by atoms with Crippen LogP contribution in [0, 0.1) is 5.41 Å². The van der Waals surface area contributed by atoms with Gasteiger partial charge < -0.3 is 5.32 Å². The lowest BCUT2D eigenvalue weighted by Crippen LogP contribution is -2.34. The number of carbonyl (C=O) groups is 1. The van der Waals surface area contributed by atoms with Gasteiger partial charge in [0.05, 0.1) is 0 Å². The van der Waals surface area contributed by atoms with Gasteiger partial charge in [0.1, 0.15) is 0 Å². The molecule has 0 radical (unpaired) electrons. The van der Waals surface area contributed by atoms with E-state index < -0.39 is 0 Å². The van der Waals surface area contributed by atoms with Crippen molar-refractivity contribution in [3.05, 3.63) is 11.6 Å². The Bertz CT molecular complexity index is 346. The molecule has 100 valence electrons. The van der Waals surface area contributed by atoms with E-state index in [1.807, 2.05) is 0 Å². The summed E-state index contributed by atoms with van der Waals surface area (Å²) in [6.07, 6.45) is 16.2. The maximum Gasteiger partial charge on any atom is 0.247 e. The van der Waals surface area contributed by atoms with Gasteiger partial charge in [-0.15, -0.1) is 0 Å². The summed E-state index contributed by atoms with van der Waals surface area (Å²) in [7, 11) is 0. The van der Waals surface area contributed by atoms with Crippen LogP contribution in [-0.4, -0.2) is 11.9 Å². The third-order valence-electron chi connectivity index (χ3n) is 5.24. The van der Waals surface area contributed by atoms with Crippen LogP contribution in [0.1, 0.15) is 70.6 Å². The fraction of sp³-hybridized carbons (Fsp3) is 0.812. The van der Waals surface area contributed by atoms with Crippen molar-refractivity contribution in [1.29, 1.82) is 0 Å². The topological polar surface area (TPSA) is 29.1 Å². The lowest BCUT2D eigenvalue weighted by atomic mass is 9.72. The molecule has 1 spiro atoms. The Morgan fingerprint density at radius 2 is 1.83 bits per heavy atom. The fourth-order valence-electron chi connectivity index (χ4n) is 4.09. The van der Waals surface area contributed by atoms with Gasteiger partial charge in [0, 0.05) is 11.6 Å². The molecular formula is C16H25NO. The minimum Gasteiger partial charge on any atom is -0.350 e. The maximum absolute atomic E-state index is 12.2. The van der Waals surface area contributed by atoms with E-state index in [0.29, 0.717) is 11.5 Å². The van der Waals surface area contributed by atoms with Gasteiger partial charge in [-0.2, -0.15) is 0 Å². The highest BCUT2D eigenvalue weighted by Gasteiger charge is 2.37. The largest absolute Gasteiger partial charge is 0.350 e. The minimum atomic E-state index is 0.240. The monoisotopic (exact) mass is 247 g/mol. The summed E-state index contributed by atoms with van der Waals surface area (Å²) in [6.45, 7) is 0. The predicted octanol–water partition coefficient (Wildman–Crippen LogP) is 3.72. The first-order valence-corrected chi connectivity index (χ1v) is 7.77. The highest BCUT2D eigenvalue weighted by Crippen LogP contribution is 2.48. The number of rotatable bonds is 2. The van der Waals surface area contributed by atoms with Crippen LogP contribution in [0.25, 0.3) is 0 Å². The van der Waals surface area contributed by atoms with Crippen molar-refractivity contribution in [2.45, 2.75) is 76.7 Å². The first-order valence-electron chi connectivity index (χ1n) is 7.77. The zero-order valence-electron chi connectivity index (χ0n) is 11.3. The van der Waals surface area contributed by atoms with Crippen molar-refractivity contribution < 1.29 is 4.79 Å². The molecule has 2 saturated carbocycles. The summed E-state index contributed by atoms with van der Waals surface area (Å²) in [6, 6.07) is 0.460. The van der Waals surface area contributed by atoms with Crippen LogP contribution < -0.4 is 5.32 Å². The highest BCUT2D eigenvalue weighted by atomic mass is 16.1. The van der Waals surface area contributed by atoms with Gasteiger partial charge in [0.2, 0.25) is 5.91 Å². The maximum atomic E-state index is 12.2. The molecule has 0 bridgehead atoms. The molecule has 0 aliphatic heterocycles. The first-order chi connectivity index (χ1) is 8.77. The number of nitrogens with one attached hydrogen (secondary N) is 1. The summed E-state index contributed by atoms with van der Waals surface area (Å²) in [4.78, 5) is 12.2. The Morgan fingerprint density at radius 3 is 2.56 bits per heavy atom. The quantitative estimate of drug-likeness (QED) is 0.791. The summed E-state index contributed by atoms with van der Waals surface area (Å²) in [5.41, 5.74) is 1.56. The van der Waals surface area contributed by atoms with E-state index in [-0.39, 0.29) is 5.91 Å². The summed E-state index contributed by atoms with van der Waals surface area (Å²) >= 11 is 0. The lowest BCUT2D eigenvalue weighted by molar-refractivity contribution is -0.118. The Kier molecular flexibility index (Phi) is 3.45. The van der Waals surface area contributed by atoms with E-state index in [9.17, 15) is 4.79 Å². The Morgan fingerprint density at radius 1 is 1.11 bits per heavy atom. The van der Waals surface area contributed by atoms with E-state index >= 15 is 0 Å². The average Bonchev–Trinajstić information content (AvgIpc) is 3.01. The first kappa shape index (κ1) is 12.3. The average molecular weight is 247 g/mol. The fourth-order valence-corrected chi connectivity index (χ4v) is 4.09. The smallest absolute Gasteiger partial charge is 0.247 e. The zero-order valence-corrected chi connectivity index (χ0v) is 11.3. The number of hydrogen-bond acceptors (Lipinski definition) is 1. The lowest BCUT2D eigenvalue weighted by Gasteiger charge is -2.33. The standard InChI is InChI=1S/C16H25NO/c18-15(17-14-6-2-3-7-14)13-8-11-16(12-13)9-4-1-5-10-16/h8,14H,1-7,9-12H2,(H,17,18). The van der Waals surface area contributed by atoms with Crippen LogP contribution in [0.2, 0.25) is 0 Å². The number of amides is 1. The van der Waals surface area contributed by atoms with Crippen molar-refractivity contribution in [2.24, 2.45) is 5.41 Å². The van der Waals surface area contributed by atoms with Gasteiger partial charge in [-0.05, 0) is 43.9 Å². The SMILES string of the molecule is O=C(NC1CCCC1)C1=CCC2(CCCCC2)C1. The molecule has 0 atom stereocenters. The van der Waals surface area contributed by atoms with Gasteiger partial charge in [0.15, 0.2) is 0 Å². The Hall–Kier alpha value is -0.790. The van der Waals surface area contributed by atoms with Crippen molar-refractivity contribution in [2.75, 3.05) is 0 Å². The molecule has 3 aliphatic rings. The van der Waals surface area contributed by atoms with Crippen LogP contribution in [0.3, 0.4) is 0 Å². The van der Waals surface area contributed by atoms with E-state index in [2.05, 4.69) is 11.4 Å². The summed E-state index contributed by atoms with van der Waals surface area (Å²) < 4.78 is 0. The summed E-state index contributed by atoms with van der Waals surface area (Å²) in [5.74, 6) is 0.240. The third kappa shape index (κ3) is 2.48. The minimum absolute atomic E-state index is 0.240.